The highest BCUT2D eigenvalue weighted by Gasteiger charge is 2.03. The number of aromatic nitrogens is 1. The second-order valence-corrected chi connectivity index (χ2v) is 5.68. The summed E-state index contributed by atoms with van der Waals surface area (Å²) in [6.07, 6.45) is 3.46. The van der Waals surface area contributed by atoms with E-state index in [-0.39, 0.29) is 6.03 Å². The fourth-order valence-electron chi connectivity index (χ4n) is 2.40. The average Bonchev–Trinajstić information content (AvgIpc) is 2.64. The van der Waals surface area contributed by atoms with Gasteiger partial charge in [0.2, 0.25) is 0 Å². The molecule has 1 aromatic heterocycles. The summed E-state index contributed by atoms with van der Waals surface area (Å²) in [6.45, 7) is 8.41. The van der Waals surface area contributed by atoms with Gasteiger partial charge in [-0.1, -0.05) is 44.2 Å². The first-order chi connectivity index (χ1) is 11.7. The maximum atomic E-state index is 11.8. The third-order valence-electron chi connectivity index (χ3n) is 3.95. The van der Waals surface area contributed by atoms with Crippen LogP contribution in [0.15, 0.2) is 48.8 Å². The summed E-state index contributed by atoms with van der Waals surface area (Å²) >= 11 is 0. The Labute approximate surface area is 144 Å². The zero-order chi connectivity index (χ0) is 17.2. The third kappa shape index (κ3) is 6.01. The van der Waals surface area contributed by atoms with Crippen LogP contribution in [0.1, 0.15) is 30.5 Å². The van der Waals surface area contributed by atoms with E-state index in [0.717, 1.165) is 30.8 Å². The second kappa shape index (κ2) is 9.67. The number of hydrogen-bond acceptors (Lipinski definition) is 3. The first-order valence-corrected chi connectivity index (χ1v) is 8.42. The molecule has 0 saturated heterocycles. The van der Waals surface area contributed by atoms with Crippen molar-refractivity contribution in [3.05, 3.63) is 65.5 Å². The average molecular weight is 326 g/mol. The SMILES string of the molecule is CCN(CC)Cc1ccc(CNC(=O)NCc2cccnc2)cc1. The fourth-order valence-corrected chi connectivity index (χ4v) is 2.40. The van der Waals surface area contributed by atoms with Crippen LogP contribution in [0.3, 0.4) is 0 Å². The minimum atomic E-state index is -0.175. The van der Waals surface area contributed by atoms with Gasteiger partial charge in [0.15, 0.2) is 0 Å². The van der Waals surface area contributed by atoms with Crippen molar-refractivity contribution < 1.29 is 4.79 Å². The van der Waals surface area contributed by atoms with Crippen LogP contribution in [-0.4, -0.2) is 29.0 Å². The van der Waals surface area contributed by atoms with Crippen molar-refractivity contribution in [1.82, 2.24) is 20.5 Å². The molecule has 0 atom stereocenters. The number of hydrogen-bond donors (Lipinski definition) is 2. The predicted molar refractivity (Wildman–Crippen MR) is 96.4 cm³/mol. The molecule has 2 amide bonds. The molecule has 2 N–H and O–H groups in total. The number of nitrogens with zero attached hydrogens (tertiary/aromatic N) is 2. The smallest absolute Gasteiger partial charge is 0.315 e. The van der Waals surface area contributed by atoms with Gasteiger partial charge in [0.1, 0.15) is 0 Å². The van der Waals surface area contributed by atoms with Gasteiger partial charge in [-0.2, -0.15) is 0 Å². The highest BCUT2D eigenvalue weighted by Crippen LogP contribution is 2.07. The zero-order valence-electron chi connectivity index (χ0n) is 14.5. The first-order valence-electron chi connectivity index (χ1n) is 8.42. The summed E-state index contributed by atoms with van der Waals surface area (Å²) in [7, 11) is 0. The molecule has 0 radical (unpaired) electrons. The lowest BCUT2D eigenvalue weighted by atomic mass is 10.1. The lowest BCUT2D eigenvalue weighted by Crippen LogP contribution is -2.34. The van der Waals surface area contributed by atoms with Crippen LogP contribution < -0.4 is 10.6 Å². The van der Waals surface area contributed by atoms with Gasteiger partial charge in [-0.25, -0.2) is 4.79 Å². The van der Waals surface area contributed by atoms with E-state index in [0.29, 0.717) is 13.1 Å². The molecule has 0 unspecified atom stereocenters. The summed E-state index contributed by atoms with van der Waals surface area (Å²) in [6, 6.07) is 12.0. The Hall–Kier alpha value is -2.40. The molecular weight excluding hydrogens is 300 g/mol. The molecule has 0 spiro atoms. The van der Waals surface area contributed by atoms with Crippen molar-refractivity contribution >= 4 is 6.03 Å². The molecule has 5 heteroatoms. The Morgan fingerprint density at radius 2 is 1.58 bits per heavy atom. The van der Waals surface area contributed by atoms with Crippen molar-refractivity contribution in [2.24, 2.45) is 0 Å². The van der Waals surface area contributed by atoms with E-state index in [2.05, 4.69) is 58.6 Å². The van der Waals surface area contributed by atoms with E-state index in [1.165, 1.54) is 5.56 Å². The van der Waals surface area contributed by atoms with E-state index < -0.39 is 0 Å². The van der Waals surface area contributed by atoms with E-state index in [9.17, 15) is 4.79 Å². The summed E-state index contributed by atoms with van der Waals surface area (Å²) in [5, 5.41) is 5.70. The highest BCUT2D eigenvalue weighted by molar-refractivity contribution is 5.73. The quantitative estimate of drug-likeness (QED) is 0.784. The van der Waals surface area contributed by atoms with Crippen molar-refractivity contribution in [2.45, 2.75) is 33.5 Å². The molecule has 0 bridgehead atoms. The van der Waals surface area contributed by atoms with Gasteiger partial charge >= 0.3 is 6.03 Å². The highest BCUT2D eigenvalue weighted by atomic mass is 16.2. The van der Waals surface area contributed by atoms with Gasteiger partial charge in [0, 0.05) is 32.0 Å². The van der Waals surface area contributed by atoms with Gasteiger partial charge in [0.25, 0.3) is 0 Å². The molecule has 2 rings (SSSR count). The number of nitrogens with one attached hydrogen (secondary N) is 2. The summed E-state index contributed by atoms with van der Waals surface area (Å²) in [5.74, 6) is 0. The molecule has 0 aliphatic rings. The van der Waals surface area contributed by atoms with Crippen LogP contribution in [0.2, 0.25) is 0 Å². The van der Waals surface area contributed by atoms with Crippen LogP contribution in [-0.2, 0) is 19.6 Å². The number of urea groups is 1. The molecule has 1 aromatic carbocycles. The van der Waals surface area contributed by atoms with Crippen molar-refractivity contribution in [1.29, 1.82) is 0 Å². The predicted octanol–water partition coefficient (Wildman–Crippen LogP) is 2.92. The Morgan fingerprint density at radius 1 is 0.958 bits per heavy atom. The third-order valence-corrected chi connectivity index (χ3v) is 3.95. The second-order valence-electron chi connectivity index (χ2n) is 5.68. The molecule has 2 aromatic rings. The summed E-state index contributed by atoms with van der Waals surface area (Å²) in [4.78, 5) is 18.2. The summed E-state index contributed by atoms with van der Waals surface area (Å²) in [5.41, 5.74) is 3.37. The van der Waals surface area contributed by atoms with E-state index in [1.54, 1.807) is 12.4 Å². The molecule has 24 heavy (non-hydrogen) atoms. The normalized spacial score (nSPS) is 10.6. The number of rotatable bonds is 8. The monoisotopic (exact) mass is 326 g/mol. The maximum Gasteiger partial charge on any atom is 0.315 e. The van der Waals surface area contributed by atoms with E-state index in [4.69, 9.17) is 0 Å². The van der Waals surface area contributed by atoms with Crippen LogP contribution in [0, 0.1) is 0 Å². The number of carbonyl (C=O) groups excluding carboxylic acids is 1. The van der Waals surface area contributed by atoms with Gasteiger partial charge in [-0.3, -0.25) is 9.88 Å². The maximum absolute atomic E-state index is 11.8. The Morgan fingerprint density at radius 3 is 2.17 bits per heavy atom. The lowest BCUT2D eigenvalue weighted by molar-refractivity contribution is 0.240. The minimum absolute atomic E-state index is 0.175. The summed E-state index contributed by atoms with van der Waals surface area (Å²) < 4.78 is 0. The zero-order valence-corrected chi connectivity index (χ0v) is 14.5. The van der Waals surface area contributed by atoms with Crippen molar-refractivity contribution in [3.63, 3.8) is 0 Å². The molecule has 0 fully saturated rings. The van der Waals surface area contributed by atoms with Gasteiger partial charge in [0.05, 0.1) is 0 Å². The van der Waals surface area contributed by atoms with Gasteiger partial charge in [-0.05, 0) is 35.8 Å². The van der Waals surface area contributed by atoms with E-state index >= 15 is 0 Å². The minimum Gasteiger partial charge on any atom is -0.334 e. The Balaban J connectivity index is 1.74. The molecule has 0 aliphatic carbocycles. The van der Waals surface area contributed by atoms with Crippen molar-refractivity contribution in [2.75, 3.05) is 13.1 Å². The Kier molecular flexibility index (Phi) is 7.23. The number of benzene rings is 1. The topological polar surface area (TPSA) is 57.3 Å². The van der Waals surface area contributed by atoms with E-state index in [1.807, 2.05) is 12.1 Å². The first kappa shape index (κ1) is 17.9. The Bertz CT molecular complexity index is 609. The van der Waals surface area contributed by atoms with Crippen LogP contribution >= 0.6 is 0 Å². The van der Waals surface area contributed by atoms with Crippen LogP contribution in [0.5, 0.6) is 0 Å². The number of carbonyl (C=O) groups is 1. The van der Waals surface area contributed by atoms with Crippen LogP contribution in [0.4, 0.5) is 4.79 Å². The fraction of sp³-hybridized carbons (Fsp3) is 0.368. The molecule has 128 valence electrons. The van der Waals surface area contributed by atoms with Gasteiger partial charge in [-0.15, -0.1) is 0 Å². The molecular formula is C19H26N4O. The number of pyridine rings is 1. The van der Waals surface area contributed by atoms with Gasteiger partial charge < -0.3 is 10.6 Å². The largest absolute Gasteiger partial charge is 0.334 e. The number of amides is 2. The standard InChI is InChI=1S/C19H26N4O/c1-3-23(4-2)15-17-9-7-16(8-10-17)13-21-19(24)22-14-18-6-5-11-20-12-18/h5-12H,3-4,13-15H2,1-2H3,(H2,21,22,24). The molecule has 5 nitrogen and oxygen atoms in total. The lowest BCUT2D eigenvalue weighted by Gasteiger charge is -2.18. The molecule has 0 saturated carbocycles. The van der Waals surface area contributed by atoms with Crippen LogP contribution in [0.25, 0.3) is 0 Å². The van der Waals surface area contributed by atoms with Crippen molar-refractivity contribution in [3.8, 4) is 0 Å². The molecule has 1 heterocycles. The molecule has 0 aliphatic heterocycles.